The average molecular weight is 214 g/mol. The Balaban J connectivity index is 1.99. The first kappa shape index (κ1) is 12.9. The molecule has 0 aromatic rings. The molecular weight excluding hydrogens is 188 g/mol. The van der Waals surface area contributed by atoms with E-state index in [2.05, 4.69) is 17.3 Å². The fourth-order valence-corrected chi connectivity index (χ4v) is 2.26. The molecule has 90 valence electrons. The van der Waals surface area contributed by atoms with Gasteiger partial charge in [0.15, 0.2) is 0 Å². The molecule has 0 unspecified atom stereocenters. The third-order valence-electron chi connectivity index (χ3n) is 3.35. The van der Waals surface area contributed by atoms with Crippen molar-refractivity contribution in [2.45, 2.75) is 44.6 Å². The van der Waals surface area contributed by atoms with Crippen LogP contribution in [0.3, 0.4) is 0 Å². The summed E-state index contributed by atoms with van der Waals surface area (Å²) in [6, 6.07) is 0.795. The Bertz CT molecular complexity index is 147. The summed E-state index contributed by atoms with van der Waals surface area (Å²) in [6.07, 6.45) is 7.28. The normalized spacial score (nSPS) is 18.6. The molecule has 3 nitrogen and oxygen atoms in total. The molecule has 0 bridgehead atoms. The maximum Gasteiger partial charge on any atom is 0.0431 e. The third kappa shape index (κ3) is 5.50. The van der Waals surface area contributed by atoms with Gasteiger partial charge in [-0.05, 0) is 52.4 Å². The lowest BCUT2D eigenvalue weighted by Gasteiger charge is -2.31. The molecule has 1 fully saturated rings. The molecule has 1 aliphatic heterocycles. The van der Waals surface area contributed by atoms with Crippen molar-refractivity contribution in [2.24, 2.45) is 0 Å². The van der Waals surface area contributed by atoms with Gasteiger partial charge in [-0.1, -0.05) is 12.8 Å². The molecule has 1 saturated heterocycles. The van der Waals surface area contributed by atoms with Crippen LogP contribution < -0.4 is 5.32 Å². The van der Waals surface area contributed by atoms with Crippen molar-refractivity contribution in [3.05, 3.63) is 0 Å². The van der Waals surface area contributed by atoms with Gasteiger partial charge < -0.3 is 15.3 Å². The van der Waals surface area contributed by atoms with Gasteiger partial charge in [0.05, 0.1) is 0 Å². The molecule has 1 heterocycles. The minimum atomic E-state index is 0.351. The fraction of sp³-hybridized carbons (Fsp3) is 1.00. The van der Waals surface area contributed by atoms with E-state index < -0.39 is 0 Å². The number of aliphatic hydroxyl groups excluding tert-OH is 1. The third-order valence-corrected chi connectivity index (χ3v) is 3.35. The summed E-state index contributed by atoms with van der Waals surface area (Å²) in [6.45, 7) is 3.93. The van der Waals surface area contributed by atoms with Crippen LogP contribution in [0.4, 0.5) is 0 Å². The lowest BCUT2D eigenvalue weighted by molar-refractivity contribution is 0.194. The van der Waals surface area contributed by atoms with Gasteiger partial charge in [0.2, 0.25) is 0 Å². The van der Waals surface area contributed by atoms with Crippen molar-refractivity contribution in [1.29, 1.82) is 0 Å². The summed E-state index contributed by atoms with van der Waals surface area (Å²) >= 11 is 0. The molecule has 0 saturated carbocycles. The highest BCUT2D eigenvalue weighted by molar-refractivity contribution is 4.75. The second-order valence-corrected chi connectivity index (χ2v) is 4.60. The standard InChI is InChI=1S/C12H26N2O/c1-14(10-4-2-3-5-11-15)12-6-8-13-9-7-12/h12-13,15H,2-11H2,1H3. The topological polar surface area (TPSA) is 35.5 Å². The van der Waals surface area contributed by atoms with Gasteiger partial charge in [0.25, 0.3) is 0 Å². The second-order valence-electron chi connectivity index (χ2n) is 4.60. The Morgan fingerprint density at radius 1 is 1.13 bits per heavy atom. The van der Waals surface area contributed by atoms with Crippen molar-refractivity contribution >= 4 is 0 Å². The summed E-state index contributed by atoms with van der Waals surface area (Å²) in [5.41, 5.74) is 0. The highest BCUT2D eigenvalue weighted by Crippen LogP contribution is 2.11. The quantitative estimate of drug-likeness (QED) is 0.626. The van der Waals surface area contributed by atoms with E-state index in [1.807, 2.05) is 0 Å². The molecular formula is C12H26N2O. The molecule has 1 rings (SSSR count). The van der Waals surface area contributed by atoms with Crippen molar-refractivity contribution in [3.8, 4) is 0 Å². The zero-order valence-electron chi connectivity index (χ0n) is 10.0. The van der Waals surface area contributed by atoms with Gasteiger partial charge in [-0.15, -0.1) is 0 Å². The number of hydrogen-bond donors (Lipinski definition) is 2. The second kappa shape index (κ2) is 8.08. The summed E-state index contributed by atoms with van der Waals surface area (Å²) in [5.74, 6) is 0. The predicted molar refractivity (Wildman–Crippen MR) is 64.1 cm³/mol. The zero-order valence-corrected chi connectivity index (χ0v) is 10.0. The number of unbranched alkanes of at least 4 members (excludes halogenated alkanes) is 3. The Kier molecular flexibility index (Phi) is 6.98. The van der Waals surface area contributed by atoms with E-state index in [1.54, 1.807) is 0 Å². The van der Waals surface area contributed by atoms with Crippen LogP contribution in [-0.4, -0.2) is 49.3 Å². The van der Waals surface area contributed by atoms with Crippen LogP contribution >= 0.6 is 0 Å². The van der Waals surface area contributed by atoms with Gasteiger partial charge in [-0.3, -0.25) is 0 Å². The van der Waals surface area contributed by atoms with Crippen LogP contribution in [0.15, 0.2) is 0 Å². The van der Waals surface area contributed by atoms with Crippen molar-refractivity contribution in [2.75, 3.05) is 33.3 Å². The molecule has 15 heavy (non-hydrogen) atoms. The molecule has 0 amide bonds. The maximum absolute atomic E-state index is 8.66. The van der Waals surface area contributed by atoms with Crippen LogP contribution in [-0.2, 0) is 0 Å². The number of rotatable bonds is 7. The molecule has 0 aliphatic carbocycles. The monoisotopic (exact) mass is 214 g/mol. The number of nitrogens with one attached hydrogen (secondary N) is 1. The Labute approximate surface area is 93.9 Å². The van der Waals surface area contributed by atoms with E-state index in [0.717, 1.165) is 12.5 Å². The summed E-state index contributed by atoms with van der Waals surface area (Å²) in [4.78, 5) is 2.51. The summed E-state index contributed by atoms with van der Waals surface area (Å²) in [7, 11) is 2.25. The highest BCUT2D eigenvalue weighted by atomic mass is 16.2. The average Bonchev–Trinajstić information content (AvgIpc) is 2.30. The van der Waals surface area contributed by atoms with Crippen LogP contribution in [0.1, 0.15) is 38.5 Å². The number of aliphatic hydroxyl groups is 1. The van der Waals surface area contributed by atoms with E-state index >= 15 is 0 Å². The first-order chi connectivity index (χ1) is 7.34. The summed E-state index contributed by atoms with van der Waals surface area (Å²) in [5, 5.41) is 12.1. The Hall–Kier alpha value is -0.120. The van der Waals surface area contributed by atoms with Crippen molar-refractivity contribution in [3.63, 3.8) is 0 Å². The van der Waals surface area contributed by atoms with Gasteiger partial charge in [-0.2, -0.15) is 0 Å². The van der Waals surface area contributed by atoms with Gasteiger partial charge >= 0.3 is 0 Å². The van der Waals surface area contributed by atoms with E-state index in [4.69, 9.17) is 5.11 Å². The van der Waals surface area contributed by atoms with E-state index in [9.17, 15) is 0 Å². The van der Waals surface area contributed by atoms with Gasteiger partial charge in [0.1, 0.15) is 0 Å². The molecule has 2 N–H and O–H groups in total. The molecule has 1 aliphatic rings. The van der Waals surface area contributed by atoms with Crippen LogP contribution in [0.5, 0.6) is 0 Å². The lowest BCUT2D eigenvalue weighted by Crippen LogP contribution is -2.41. The molecule has 0 atom stereocenters. The maximum atomic E-state index is 8.66. The van der Waals surface area contributed by atoms with Crippen LogP contribution in [0, 0.1) is 0 Å². The highest BCUT2D eigenvalue weighted by Gasteiger charge is 2.16. The van der Waals surface area contributed by atoms with Gasteiger partial charge in [0, 0.05) is 12.6 Å². The molecule has 0 aromatic heterocycles. The minimum Gasteiger partial charge on any atom is -0.396 e. The van der Waals surface area contributed by atoms with E-state index in [1.165, 1.54) is 51.7 Å². The van der Waals surface area contributed by atoms with Gasteiger partial charge in [-0.25, -0.2) is 0 Å². The largest absolute Gasteiger partial charge is 0.396 e. The first-order valence-electron chi connectivity index (χ1n) is 6.36. The number of nitrogens with zero attached hydrogens (tertiary/aromatic N) is 1. The SMILES string of the molecule is CN(CCCCCCO)C1CCNCC1. The fourth-order valence-electron chi connectivity index (χ4n) is 2.26. The van der Waals surface area contributed by atoms with E-state index in [0.29, 0.717) is 6.61 Å². The minimum absolute atomic E-state index is 0.351. The molecule has 0 aromatic carbocycles. The number of piperidine rings is 1. The molecule has 0 spiro atoms. The van der Waals surface area contributed by atoms with E-state index in [-0.39, 0.29) is 0 Å². The van der Waals surface area contributed by atoms with Crippen LogP contribution in [0.25, 0.3) is 0 Å². The predicted octanol–water partition coefficient (Wildman–Crippen LogP) is 1.22. The Morgan fingerprint density at radius 3 is 2.47 bits per heavy atom. The van der Waals surface area contributed by atoms with Crippen molar-refractivity contribution in [1.82, 2.24) is 10.2 Å². The smallest absolute Gasteiger partial charge is 0.0431 e. The molecule has 0 radical (unpaired) electrons. The number of hydrogen-bond acceptors (Lipinski definition) is 3. The summed E-state index contributed by atoms with van der Waals surface area (Å²) < 4.78 is 0. The zero-order chi connectivity index (χ0) is 10.9. The Morgan fingerprint density at radius 2 is 1.80 bits per heavy atom. The van der Waals surface area contributed by atoms with Crippen molar-refractivity contribution < 1.29 is 5.11 Å². The lowest BCUT2D eigenvalue weighted by atomic mass is 10.0. The molecule has 3 heteroatoms. The first-order valence-corrected chi connectivity index (χ1v) is 6.36. The van der Waals surface area contributed by atoms with Crippen LogP contribution in [0.2, 0.25) is 0 Å².